The zero-order chi connectivity index (χ0) is 11.5. The molecular formula is C8H11N3O3S. The molecule has 0 aromatic heterocycles. The van der Waals surface area contributed by atoms with Gasteiger partial charge in [0.15, 0.2) is 0 Å². The maximum absolute atomic E-state index is 10.7. The number of carbonyl (C=O) groups excluding carboxylic acids is 1. The van der Waals surface area contributed by atoms with Crippen LogP contribution in [0.1, 0.15) is 6.92 Å². The minimum atomic E-state index is -3.75. The van der Waals surface area contributed by atoms with Gasteiger partial charge in [0.2, 0.25) is 5.91 Å². The van der Waals surface area contributed by atoms with Crippen LogP contribution >= 0.6 is 0 Å². The number of hydrogen-bond acceptors (Lipinski definition) is 3. The van der Waals surface area contributed by atoms with E-state index in [9.17, 15) is 13.2 Å². The Bertz CT molecular complexity index is 453. The Morgan fingerprint density at radius 1 is 1.20 bits per heavy atom. The first kappa shape index (κ1) is 11.5. The number of benzene rings is 1. The van der Waals surface area contributed by atoms with E-state index >= 15 is 0 Å². The summed E-state index contributed by atoms with van der Waals surface area (Å²) in [7, 11) is -3.75. The number of rotatable bonds is 3. The van der Waals surface area contributed by atoms with Crippen molar-refractivity contribution in [2.75, 3.05) is 10.0 Å². The van der Waals surface area contributed by atoms with E-state index in [2.05, 4.69) is 10.0 Å². The van der Waals surface area contributed by atoms with E-state index in [1.807, 2.05) is 0 Å². The van der Waals surface area contributed by atoms with Crippen LogP contribution in [-0.4, -0.2) is 14.3 Å². The van der Waals surface area contributed by atoms with Crippen LogP contribution in [0.15, 0.2) is 24.3 Å². The van der Waals surface area contributed by atoms with Gasteiger partial charge in [-0.15, -0.1) is 0 Å². The fourth-order valence-corrected chi connectivity index (χ4v) is 1.45. The standard InChI is InChI=1S/C8H11N3O3S/c1-6(12)10-7-2-4-8(5-3-7)11-15(9,13)14/h2-5,11H,1H3,(H,10,12)(H2,9,13,14). The Morgan fingerprint density at radius 2 is 1.67 bits per heavy atom. The van der Waals surface area contributed by atoms with Crippen LogP contribution in [0.5, 0.6) is 0 Å². The smallest absolute Gasteiger partial charge is 0.296 e. The van der Waals surface area contributed by atoms with Gasteiger partial charge in [0, 0.05) is 18.3 Å². The largest absolute Gasteiger partial charge is 0.326 e. The third kappa shape index (κ3) is 4.43. The average molecular weight is 229 g/mol. The lowest BCUT2D eigenvalue weighted by Gasteiger charge is -2.05. The molecule has 1 aromatic rings. The molecule has 1 rings (SSSR count). The fraction of sp³-hybridized carbons (Fsp3) is 0.125. The summed E-state index contributed by atoms with van der Waals surface area (Å²) in [6.45, 7) is 1.39. The van der Waals surface area contributed by atoms with Crippen molar-refractivity contribution in [1.29, 1.82) is 0 Å². The molecule has 82 valence electrons. The summed E-state index contributed by atoms with van der Waals surface area (Å²) in [4.78, 5) is 10.7. The molecule has 0 aliphatic heterocycles. The molecule has 15 heavy (non-hydrogen) atoms. The molecule has 0 saturated heterocycles. The fourth-order valence-electron chi connectivity index (χ4n) is 0.989. The van der Waals surface area contributed by atoms with E-state index in [0.717, 1.165) is 0 Å². The van der Waals surface area contributed by atoms with Crippen molar-refractivity contribution < 1.29 is 13.2 Å². The number of nitrogens with two attached hydrogens (primary N) is 1. The van der Waals surface area contributed by atoms with Crippen LogP contribution in [0.4, 0.5) is 11.4 Å². The molecule has 0 spiro atoms. The summed E-state index contributed by atoms with van der Waals surface area (Å²) in [5.74, 6) is -0.192. The first-order valence-corrected chi connectivity index (χ1v) is 5.59. The molecule has 6 nitrogen and oxygen atoms in total. The van der Waals surface area contributed by atoms with Crippen molar-refractivity contribution in [2.45, 2.75) is 6.92 Å². The van der Waals surface area contributed by atoms with Gasteiger partial charge in [-0.1, -0.05) is 0 Å². The minimum absolute atomic E-state index is 0.192. The maximum atomic E-state index is 10.7. The van der Waals surface area contributed by atoms with Crippen molar-refractivity contribution in [3.63, 3.8) is 0 Å². The van der Waals surface area contributed by atoms with Gasteiger partial charge < -0.3 is 5.32 Å². The molecule has 0 unspecified atom stereocenters. The van der Waals surface area contributed by atoms with Gasteiger partial charge in [-0.3, -0.25) is 9.52 Å². The number of carbonyl (C=O) groups is 1. The highest BCUT2D eigenvalue weighted by atomic mass is 32.2. The molecule has 7 heteroatoms. The number of nitrogens with one attached hydrogen (secondary N) is 2. The van der Waals surface area contributed by atoms with Gasteiger partial charge in [0.1, 0.15) is 0 Å². The lowest BCUT2D eigenvalue weighted by molar-refractivity contribution is -0.114. The van der Waals surface area contributed by atoms with Gasteiger partial charge >= 0.3 is 0 Å². The van der Waals surface area contributed by atoms with Crippen molar-refractivity contribution in [2.24, 2.45) is 5.14 Å². The SMILES string of the molecule is CC(=O)Nc1ccc(NS(N)(=O)=O)cc1. The van der Waals surface area contributed by atoms with E-state index in [-0.39, 0.29) is 5.91 Å². The highest BCUT2D eigenvalue weighted by Crippen LogP contribution is 2.13. The molecular weight excluding hydrogens is 218 g/mol. The highest BCUT2D eigenvalue weighted by molar-refractivity contribution is 7.90. The summed E-state index contributed by atoms with van der Waals surface area (Å²) >= 11 is 0. The van der Waals surface area contributed by atoms with Crippen molar-refractivity contribution in [3.8, 4) is 0 Å². The minimum Gasteiger partial charge on any atom is -0.326 e. The van der Waals surface area contributed by atoms with Gasteiger partial charge in [0.25, 0.3) is 10.2 Å². The van der Waals surface area contributed by atoms with Crippen LogP contribution in [-0.2, 0) is 15.0 Å². The zero-order valence-electron chi connectivity index (χ0n) is 8.02. The van der Waals surface area contributed by atoms with Crippen LogP contribution in [0.3, 0.4) is 0 Å². The molecule has 0 fully saturated rings. The second-order valence-corrected chi connectivity index (χ2v) is 4.20. The zero-order valence-corrected chi connectivity index (χ0v) is 8.84. The van der Waals surface area contributed by atoms with E-state index in [1.165, 1.54) is 19.1 Å². The highest BCUT2D eigenvalue weighted by Gasteiger charge is 2.01. The number of anilines is 2. The quantitative estimate of drug-likeness (QED) is 0.692. The van der Waals surface area contributed by atoms with E-state index in [0.29, 0.717) is 11.4 Å². The lowest BCUT2D eigenvalue weighted by Crippen LogP contribution is -2.21. The lowest BCUT2D eigenvalue weighted by atomic mass is 10.3. The normalized spacial score (nSPS) is 10.8. The van der Waals surface area contributed by atoms with Crippen LogP contribution in [0.25, 0.3) is 0 Å². The van der Waals surface area contributed by atoms with Crippen LogP contribution in [0, 0.1) is 0 Å². The monoisotopic (exact) mass is 229 g/mol. The van der Waals surface area contributed by atoms with Crippen LogP contribution < -0.4 is 15.2 Å². The van der Waals surface area contributed by atoms with Gasteiger partial charge in [-0.25, -0.2) is 5.14 Å². The molecule has 0 atom stereocenters. The molecule has 0 aliphatic carbocycles. The summed E-state index contributed by atoms with van der Waals surface area (Å²) in [6.07, 6.45) is 0. The van der Waals surface area contributed by atoms with E-state index in [1.54, 1.807) is 12.1 Å². The summed E-state index contributed by atoms with van der Waals surface area (Å²) in [5, 5.41) is 7.33. The average Bonchev–Trinajstić information content (AvgIpc) is 2.05. The first-order chi connectivity index (χ1) is 6.87. The molecule has 0 aliphatic rings. The second kappa shape index (κ2) is 4.28. The molecule has 0 heterocycles. The molecule has 0 bridgehead atoms. The maximum Gasteiger partial charge on any atom is 0.296 e. The molecule has 1 aromatic carbocycles. The Kier molecular flexibility index (Phi) is 3.28. The van der Waals surface area contributed by atoms with Crippen LogP contribution in [0.2, 0.25) is 0 Å². The van der Waals surface area contributed by atoms with Crippen molar-refractivity contribution >= 4 is 27.5 Å². The third-order valence-electron chi connectivity index (χ3n) is 1.47. The van der Waals surface area contributed by atoms with E-state index in [4.69, 9.17) is 5.14 Å². The van der Waals surface area contributed by atoms with E-state index < -0.39 is 10.2 Å². The summed E-state index contributed by atoms with van der Waals surface area (Å²) in [6, 6.07) is 6.12. The molecule has 4 N–H and O–H groups in total. The third-order valence-corrected chi connectivity index (χ3v) is 1.99. The first-order valence-electron chi connectivity index (χ1n) is 4.05. The van der Waals surface area contributed by atoms with Gasteiger partial charge in [-0.05, 0) is 24.3 Å². The van der Waals surface area contributed by atoms with Gasteiger partial charge in [0.05, 0.1) is 0 Å². The summed E-state index contributed by atoms with van der Waals surface area (Å²) < 4.78 is 23.4. The Labute approximate surface area is 87.7 Å². The number of hydrogen-bond donors (Lipinski definition) is 3. The van der Waals surface area contributed by atoms with Crippen molar-refractivity contribution in [1.82, 2.24) is 0 Å². The predicted octanol–water partition coefficient (Wildman–Crippen LogP) is 0.260. The van der Waals surface area contributed by atoms with Crippen molar-refractivity contribution in [3.05, 3.63) is 24.3 Å². The Hall–Kier alpha value is -1.60. The molecule has 1 amide bonds. The predicted molar refractivity (Wildman–Crippen MR) is 57.5 cm³/mol. The Morgan fingerprint density at radius 3 is 2.07 bits per heavy atom. The Balaban J connectivity index is 2.77. The molecule has 0 saturated carbocycles. The van der Waals surface area contributed by atoms with Gasteiger partial charge in [-0.2, -0.15) is 8.42 Å². The number of amides is 1. The summed E-state index contributed by atoms with van der Waals surface area (Å²) in [5.41, 5.74) is 0.925. The topological polar surface area (TPSA) is 101 Å². The second-order valence-electron chi connectivity index (χ2n) is 2.91. The molecule has 0 radical (unpaired) electrons.